The van der Waals surface area contributed by atoms with Crippen LogP contribution in [-0.2, 0) is 17.6 Å². The first-order valence-corrected chi connectivity index (χ1v) is 9.70. The summed E-state index contributed by atoms with van der Waals surface area (Å²) in [5, 5.41) is 18.5. The molecule has 2 aromatic heterocycles. The summed E-state index contributed by atoms with van der Waals surface area (Å²) in [5.74, 6) is -0.322. The van der Waals surface area contributed by atoms with E-state index in [1.165, 1.54) is 42.0 Å². The van der Waals surface area contributed by atoms with Crippen LogP contribution in [0.25, 0.3) is 10.2 Å². The fourth-order valence-electron chi connectivity index (χ4n) is 2.96. The van der Waals surface area contributed by atoms with Gasteiger partial charge in [-0.2, -0.15) is 5.26 Å². The molecule has 124 valence electrons. The molecule has 0 unspecified atom stereocenters. The molecule has 0 saturated carbocycles. The Labute approximate surface area is 149 Å². The van der Waals surface area contributed by atoms with Crippen molar-refractivity contribution in [3.63, 3.8) is 0 Å². The monoisotopic (exact) mass is 358 g/mol. The number of aromatic nitrogens is 2. The minimum absolute atomic E-state index is 0.0972. The van der Waals surface area contributed by atoms with Crippen LogP contribution in [0.5, 0.6) is 0 Å². The molecule has 3 rings (SSSR count). The Morgan fingerprint density at radius 2 is 2.17 bits per heavy atom. The van der Waals surface area contributed by atoms with Gasteiger partial charge in [0.05, 0.1) is 11.8 Å². The molecule has 0 saturated heterocycles. The summed E-state index contributed by atoms with van der Waals surface area (Å²) >= 11 is 3.11. The van der Waals surface area contributed by atoms with E-state index in [9.17, 15) is 4.79 Å². The predicted molar refractivity (Wildman–Crippen MR) is 97.0 cm³/mol. The third-order valence-electron chi connectivity index (χ3n) is 4.13. The largest absolute Gasteiger partial charge is 0.308 e. The fourth-order valence-corrected chi connectivity index (χ4v) is 5.34. The molecule has 1 aliphatic rings. The zero-order chi connectivity index (χ0) is 17.3. The molecule has 2 heterocycles. The van der Waals surface area contributed by atoms with Crippen molar-refractivity contribution in [2.75, 3.05) is 5.75 Å². The second kappa shape index (κ2) is 6.99. The highest BCUT2D eigenvalue weighted by Gasteiger charge is 2.23. The van der Waals surface area contributed by atoms with E-state index < -0.39 is 5.92 Å². The van der Waals surface area contributed by atoms with Gasteiger partial charge in [0.25, 0.3) is 0 Å². The van der Waals surface area contributed by atoms with Gasteiger partial charge in [-0.1, -0.05) is 11.8 Å². The number of carbonyl (C=O) groups is 1. The smallest absolute Gasteiger partial charge is 0.165 e. The van der Waals surface area contributed by atoms with Crippen LogP contribution in [0, 0.1) is 29.6 Å². The van der Waals surface area contributed by atoms with E-state index in [1.807, 2.05) is 13.0 Å². The molecule has 0 aromatic carbocycles. The van der Waals surface area contributed by atoms with Crippen LogP contribution in [0.15, 0.2) is 5.03 Å². The van der Waals surface area contributed by atoms with Crippen LogP contribution in [0.4, 0.5) is 0 Å². The van der Waals surface area contributed by atoms with E-state index in [1.54, 1.807) is 11.3 Å². The fraction of sp³-hybridized carbons (Fsp3) is 0.471. The maximum atomic E-state index is 12.2. The van der Waals surface area contributed by atoms with Crippen molar-refractivity contribution < 1.29 is 4.79 Å². The second-order valence-electron chi connectivity index (χ2n) is 5.97. The van der Waals surface area contributed by atoms with E-state index in [2.05, 4.69) is 9.97 Å². The molecule has 1 atom stereocenters. The van der Waals surface area contributed by atoms with E-state index in [0.717, 1.165) is 28.1 Å². The highest BCUT2D eigenvalue weighted by molar-refractivity contribution is 8.00. The number of thiophene rings is 1. The van der Waals surface area contributed by atoms with Crippen molar-refractivity contribution >= 4 is 44.8 Å². The summed E-state index contributed by atoms with van der Waals surface area (Å²) in [5.41, 5.74) is 1.44. The van der Waals surface area contributed by atoms with Gasteiger partial charge in [-0.3, -0.25) is 4.79 Å². The minimum atomic E-state index is -0.952. The van der Waals surface area contributed by atoms with E-state index >= 15 is 0 Å². The number of rotatable bonds is 5. The first kappa shape index (κ1) is 17.1. The molecule has 0 radical (unpaired) electrons. The Morgan fingerprint density at radius 3 is 2.88 bits per heavy atom. The van der Waals surface area contributed by atoms with Gasteiger partial charge in [0.15, 0.2) is 5.78 Å². The Balaban J connectivity index is 1.92. The molecule has 0 bridgehead atoms. The molecule has 5 nitrogen and oxygen atoms in total. The third-order valence-corrected chi connectivity index (χ3v) is 6.31. The lowest BCUT2D eigenvalue weighted by atomic mass is 9.97. The molecule has 1 aliphatic carbocycles. The van der Waals surface area contributed by atoms with Gasteiger partial charge < -0.3 is 5.41 Å². The number of nitrogens with zero attached hydrogens (tertiary/aromatic N) is 3. The van der Waals surface area contributed by atoms with E-state index in [4.69, 9.17) is 10.7 Å². The number of fused-ring (bicyclic) bond motifs is 3. The lowest BCUT2D eigenvalue weighted by molar-refractivity contribution is -0.117. The molecular formula is C17H18N4OS2. The van der Waals surface area contributed by atoms with Gasteiger partial charge in [-0.05, 0) is 45.1 Å². The minimum Gasteiger partial charge on any atom is -0.308 e. The third kappa shape index (κ3) is 3.21. The standard InChI is InChI=1S/C17H18N4OS2/c1-9(19)12(7-18)13(22)8-23-16-15-11-5-3-4-6-14(11)24-17(15)21-10(2)20-16/h12,19H,3-6,8H2,1-2H3/t12-/m1/s1. The molecule has 0 fully saturated rings. The lowest BCUT2D eigenvalue weighted by Gasteiger charge is -2.12. The molecule has 0 amide bonds. The van der Waals surface area contributed by atoms with Crippen molar-refractivity contribution in [3.05, 3.63) is 16.3 Å². The van der Waals surface area contributed by atoms with Crippen LogP contribution in [-0.4, -0.2) is 27.2 Å². The van der Waals surface area contributed by atoms with Crippen LogP contribution in [0.1, 0.15) is 36.0 Å². The van der Waals surface area contributed by atoms with Gasteiger partial charge >= 0.3 is 0 Å². The number of ketones is 1. The maximum absolute atomic E-state index is 12.2. The Morgan fingerprint density at radius 1 is 1.42 bits per heavy atom. The van der Waals surface area contributed by atoms with Gasteiger partial charge in [0.1, 0.15) is 21.6 Å². The Hall–Kier alpha value is -1.78. The Kier molecular flexibility index (Phi) is 4.97. The second-order valence-corrected chi connectivity index (χ2v) is 8.01. The van der Waals surface area contributed by atoms with Gasteiger partial charge in [-0.25, -0.2) is 9.97 Å². The number of aryl methyl sites for hydroxylation is 3. The first-order chi connectivity index (χ1) is 11.5. The molecule has 0 aliphatic heterocycles. The van der Waals surface area contributed by atoms with Crippen LogP contribution in [0.2, 0.25) is 0 Å². The van der Waals surface area contributed by atoms with Gasteiger partial charge in [0.2, 0.25) is 0 Å². The highest BCUT2D eigenvalue weighted by Crippen LogP contribution is 2.39. The summed E-state index contributed by atoms with van der Waals surface area (Å²) < 4.78 is 0. The van der Waals surface area contributed by atoms with Crippen LogP contribution in [0.3, 0.4) is 0 Å². The maximum Gasteiger partial charge on any atom is 0.165 e. The summed E-state index contributed by atoms with van der Waals surface area (Å²) in [6.45, 7) is 3.36. The quantitative estimate of drug-likeness (QED) is 0.500. The zero-order valence-corrected chi connectivity index (χ0v) is 15.3. The van der Waals surface area contributed by atoms with Crippen molar-refractivity contribution in [2.24, 2.45) is 5.92 Å². The van der Waals surface area contributed by atoms with E-state index in [0.29, 0.717) is 5.82 Å². The molecule has 2 aromatic rings. The summed E-state index contributed by atoms with van der Waals surface area (Å²) in [4.78, 5) is 23.7. The summed E-state index contributed by atoms with van der Waals surface area (Å²) in [6, 6.07) is 1.91. The molecule has 0 spiro atoms. The zero-order valence-electron chi connectivity index (χ0n) is 13.7. The molecule has 7 heteroatoms. The number of Topliss-reactive ketones (excluding diaryl/α,β-unsaturated/α-hetero) is 1. The summed E-state index contributed by atoms with van der Waals surface area (Å²) in [6.07, 6.45) is 4.54. The van der Waals surface area contributed by atoms with Crippen molar-refractivity contribution in [1.29, 1.82) is 10.7 Å². The average molecular weight is 358 g/mol. The molecule has 24 heavy (non-hydrogen) atoms. The normalized spacial score (nSPS) is 14.9. The average Bonchev–Trinajstić information content (AvgIpc) is 2.90. The number of hydrogen-bond donors (Lipinski definition) is 1. The first-order valence-electron chi connectivity index (χ1n) is 7.90. The number of nitrogens with one attached hydrogen (secondary N) is 1. The molecule has 1 N–H and O–H groups in total. The topological polar surface area (TPSA) is 90.5 Å². The van der Waals surface area contributed by atoms with E-state index in [-0.39, 0.29) is 17.2 Å². The number of hydrogen-bond acceptors (Lipinski definition) is 7. The van der Waals surface area contributed by atoms with Gasteiger partial charge in [-0.15, -0.1) is 11.3 Å². The van der Waals surface area contributed by atoms with Crippen molar-refractivity contribution in [3.8, 4) is 6.07 Å². The number of thioether (sulfide) groups is 1. The molecular weight excluding hydrogens is 340 g/mol. The predicted octanol–water partition coefficient (Wildman–Crippen LogP) is 3.72. The van der Waals surface area contributed by atoms with Crippen LogP contribution < -0.4 is 0 Å². The number of nitriles is 1. The Bertz CT molecular complexity index is 866. The number of carbonyl (C=O) groups excluding carboxylic acids is 1. The highest BCUT2D eigenvalue weighted by atomic mass is 32.2. The lowest BCUT2D eigenvalue weighted by Crippen LogP contribution is -2.21. The van der Waals surface area contributed by atoms with Crippen LogP contribution >= 0.6 is 23.1 Å². The van der Waals surface area contributed by atoms with Crippen molar-refractivity contribution in [2.45, 2.75) is 44.6 Å². The summed E-state index contributed by atoms with van der Waals surface area (Å²) in [7, 11) is 0. The van der Waals surface area contributed by atoms with Crippen molar-refractivity contribution in [1.82, 2.24) is 9.97 Å². The van der Waals surface area contributed by atoms with Gasteiger partial charge in [0, 0.05) is 16.0 Å². The SMILES string of the molecule is CC(=N)[C@@H](C#N)C(=O)CSc1nc(C)nc2sc3c(c12)CCCC3.